The summed E-state index contributed by atoms with van der Waals surface area (Å²) in [6.45, 7) is 2.95. The molecule has 7 heteroatoms. The monoisotopic (exact) mass is 411 g/mol. The molecule has 2 aromatic rings. The van der Waals surface area contributed by atoms with Gasteiger partial charge in [-0.3, -0.25) is 14.4 Å². The van der Waals surface area contributed by atoms with Gasteiger partial charge in [-0.2, -0.15) is 0 Å². The van der Waals surface area contributed by atoms with E-state index in [9.17, 15) is 14.4 Å². The van der Waals surface area contributed by atoms with Gasteiger partial charge in [0.25, 0.3) is 0 Å². The second kappa shape index (κ2) is 7.87. The van der Waals surface area contributed by atoms with E-state index >= 15 is 0 Å². The Balaban J connectivity index is 1.42. The average molecular weight is 412 g/mol. The largest absolute Gasteiger partial charge is 0.352 e. The van der Waals surface area contributed by atoms with Crippen LogP contribution in [0.5, 0.6) is 0 Å². The highest BCUT2D eigenvalue weighted by atomic mass is 35.5. The molecule has 2 aliphatic heterocycles. The van der Waals surface area contributed by atoms with Crippen LogP contribution in [0.1, 0.15) is 24.5 Å². The zero-order chi connectivity index (χ0) is 20.5. The first kappa shape index (κ1) is 19.5. The third-order valence-electron chi connectivity index (χ3n) is 5.50. The third-order valence-corrected chi connectivity index (χ3v) is 5.74. The van der Waals surface area contributed by atoms with Crippen molar-refractivity contribution in [3.05, 3.63) is 58.6 Å². The minimum atomic E-state index is -0.386. The Morgan fingerprint density at radius 1 is 1.21 bits per heavy atom. The van der Waals surface area contributed by atoms with Gasteiger partial charge in [-0.15, -0.1) is 0 Å². The molecule has 1 N–H and O–H groups in total. The summed E-state index contributed by atoms with van der Waals surface area (Å²) in [5.41, 5.74) is 3.66. The predicted octanol–water partition coefficient (Wildman–Crippen LogP) is 2.92. The molecule has 6 nitrogen and oxygen atoms in total. The fourth-order valence-electron chi connectivity index (χ4n) is 4.00. The zero-order valence-electron chi connectivity index (χ0n) is 16.2. The summed E-state index contributed by atoms with van der Waals surface area (Å²) < 4.78 is 0. The Morgan fingerprint density at radius 3 is 2.79 bits per heavy atom. The van der Waals surface area contributed by atoms with Crippen molar-refractivity contribution in [1.29, 1.82) is 0 Å². The van der Waals surface area contributed by atoms with Gasteiger partial charge in [-0.05, 0) is 47.9 Å². The number of hydrogen-bond acceptors (Lipinski definition) is 3. The van der Waals surface area contributed by atoms with Gasteiger partial charge in [0, 0.05) is 49.4 Å². The molecule has 0 spiro atoms. The van der Waals surface area contributed by atoms with Crippen LogP contribution >= 0.6 is 11.6 Å². The van der Waals surface area contributed by atoms with E-state index in [4.69, 9.17) is 11.6 Å². The Hall–Kier alpha value is -2.86. The quantitative estimate of drug-likeness (QED) is 0.841. The molecule has 4 rings (SSSR count). The summed E-state index contributed by atoms with van der Waals surface area (Å²) in [5, 5.41) is 3.52. The Morgan fingerprint density at radius 2 is 2.03 bits per heavy atom. The van der Waals surface area contributed by atoms with Crippen molar-refractivity contribution in [3.8, 4) is 0 Å². The van der Waals surface area contributed by atoms with Gasteiger partial charge in [0.1, 0.15) is 0 Å². The fourth-order valence-corrected chi connectivity index (χ4v) is 4.21. The van der Waals surface area contributed by atoms with E-state index in [1.165, 1.54) is 0 Å². The molecule has 0 saturated carbocycles. The van der Waals surface area contributed by atoms with Crippen molar-refractivity contribution in [1.82, 2.24) is 5.32 Å². The molecular formula is C22H22ClN3O3. The van der Waals surface area contributed by atoms with Crippen molar-refractivity contribution in [2.75, 3.05) is 22.9 Å². The Labute approximate surface area is 174 Å². The molecule has 1 saturated heterocycles. The number of fused-ring (bicyclic) bond motifs is 1. The maximum atomic E-state index is 12.6. The lowest BCUT2D eigenvalue weighted by Gasteiger charge is -2.19. The van der Waals surface area contributed by atoms with Crippen LogP contribution in [0.15, 0.2) is 42.5 Å². The molecule has 2 aromatic carbocycles. The molecule has 0 unspecified atom stereocenters. The van der Waals surface area contributed by atoms with Crippen LogP contribution < -0.4 is 15.1 Å². The van der Waals surface area contributed by atoms with Crippen LogP contribution in [-0.2, 0) is 27.3 Å². The lowest BCUT2D eigenvalue weighted by Crippen LogP contribution is -2.32. The molecule has 0 radical (unpaired) electrons. The van der Waals surface area contributed by atoms with Crippen molar-refractivity contribution in [3.63, 3.8) is 0 Å². The van der Waals surface area contributed by atoms with Crippen LogP contribution in [0, 0.1) is 5.92 Å². The van der Waals surface area contributed by atoms with E-state index in [1.54, 1.807) is 22.8 Å². The van der Waals surface area contributed by atoms with Crippen LogP contribution in [0.2, 0.25) is 5.02 Å². The molecule has 0 aromatic heterocycles. The Bertz CT molecular complexity index is 991. The molecular weight excluding hydrogens is 390 g/mol. The Kier molecular flexibility index (Phi) is 5.28. The van der Waals surface area contributed by atoms with Crippen molar-refractivity contribution in [2.45, 2.75) is 26.3 Å². The number of carbonyl (C=O) groups is 3. The number of halogens is 1. The lowest BCUT2D eigenvalue weighted by atomic mass is 10.1. The van der Waals surface area contributed by atoms with Crippen molar-refractivity contribution in [2.24, 2.45) is 5.92 Å². The summed E-state index contributed by atoms with van der Waals surface area (Å²) >= 11 is 5.97. The molecule has 0 bridgehead atoms. The predicted molar refractivity (Wildman–Crippen MR) is 112 cm³/mol. The number of benzene rings is 2. The molecule has 2 aliphatic rings. The normalized spacial score (nSPS) is 18.1. The first-order chi connectivity index (χ1) is 13.9. The van der Waals surface area contributed by atoms with Crippen LogP contribution in [0.3, 0.4) is 0 Å². The summed E-state index contributed by atoms with van der Waals surface area (Å²) in [6.07, 6.45) is 0.965. The molecule has 3 amide bonds. The van der Waals surface area contributed by atoms with E-state index in [2.05, 4.69) is 5.32 Å². The van der Waals surface area contributed by atoms with Gasteiger partial charge < -0.3 is 15.1 Å². The van der Waals surface area contributed by atoms with Gasteiger partial charge in [0.05, 0.1) is 5.92 Å². The van der Waals surface area contributed by atoms with Crippen LogP contribution in [0.4, 0.5) is 11.4 Å². The average Bonchev–Trinajstić information content (AvgIpc) is 3.29. The highest BCUT2D eigenvalue weighted by molar-refractivity contribution is 6.30. The summed E-state index contributed by atoms with van der Waals surface area (Å²) in [4.78, 5) is 40.2. The molecule has 150 valence electrons. The van der Waals surface area contributed by atoms with Crippen molar-refractivity contribution >= 4 is 40.7 Å². The topological polar surface area (TPSA) is 69.7 Å². The van der Waals surface area contributed by atoms with Crippen LogP contribution in [-0.4, -0.2) is 30.8 Å². The minimum Gasteiger partial charge on any atom is -0.352 e. The van der Waals surface area contributed by atoms with Gasteiger partial charge in [0.2, 0.25) is 17.7 Å². The van der Waals surface area contributed by atoms with E-state index in [-0.39, 0.29) is 30.1 Å². The van der Waals surface area contributed by atoms with E-state index in [0.29, 0.717) is 24.7 Å². The number of carbonyl (C=O) groups excluding carboxylic acids is 3. The summed E-state index contributed by atoms with van der Waals surface area (Å²) in [7, 11) is 0. The van der Waals surface area contributed by atoms with Gasteiger partial charge in [-0.1, -0.05) is 23.7 Å². The first-order valence-electron chi connectivity index (χ1n) is 9.66. The number of rotatable bonds is 4. The maximum Gasteiger partial charge on any atom is 0.227 e. The SMILES string of the molecule is CC(=O)N1CCc2cc(N3C[C@H](C(=O)NCc4cccc(Cl)c4)CC3=O)ccc21. The number of anilines is 2. The summed E-state index contributed by atoms with van der Waals surface area (Å²) in [6, 6.07) is 13.0. The number of nitrogens with one attached hydrogen (secondary N) is 1. The van der Waals surface area contributed by atoms with E-state index in [1.807, 2.05) is 36.4 Å². The maximum absolute atomic E-state index is 12.6. The first-order valence-corrected chi connectivity index (χ1v) is 10.0. The minimum absolute atomic E-state index is 0.0187. The lowest BCUT2D eigenvalue weighted by molar-refractivity contribution is -0.126. The zero-order valence-corrected chi connectivity index (χ0v) is 16.9. The molecule has 0 aliphatic carbocycles. The van der Waals surface area contributed by atoms with Crippen molar-refractivity contribution < 1.29 is 14.4 Å². The molecule has 2 heterocycles. The standard InChI is InChI=1S/C22H22ClN3O3/c1-14(27)25-8-7-16-10-19(5-6-20(16)25)26-13-17(11-21(26)28)22(29)24-12-15-3-2-4-18(23)9-15/h2-6,9-10,17H,7-8,11-13H2,1H3,(H,24,29)/t17-/m1/s1. The number of nitrogens with zero attached hydrogens (tertiary/aromatic N) is 2. The second-order valence-electron chi connectivity index (χ2n) is 7.49. The molecule has 1 fully saturated rings. The summed E-state index contributed by atoms with van der Waals surface area (Å²) in [5.74, 6) is -0.562. The smallest absolute Gasteiger partial charge is 0.227 e. The third kappa shape index (κ3) is 3.98. The highest BCUT2D eigenvalue weighted by Crippen LogP contribution is 2.34. The van der Waals surface area contributed by atoms with Gasteiger partial charge in [-0.25, -0.2) is 0 Å². The number of hydrogen-bond donors (Lipinski definition) is 1. The fraction of sp³-hybridized carbons (Fsp3) is 0.318. The van der Waals surface area contributed by atoms with E-state index in [0.717, 1.165) is 28.9 Å². The number of amides is 3. The molecule has 1 atom stereocenters. The molecule has 29 heavy (non-hydrogen) atoms. The highest BCUT2D eigenvalue weighted by Gasteiger charge is 2.35. The van der Waals surface area contributed by atoms with Crippen LogP contribution in [0.25, 0.3) is 0 Å². The van der Waals surface area contributed by atoms with Gasteiger partial charge >= 0.3 is 0 Å². The second-order valence-corrected chi connectivity index (χ2v) is 7.92. The van der Waals surface area contributed by atoms with E-state index < -0.39 is 0 Å². The van der Waals surface area contributed by atoms with Gasteiger partial charge in [0.15, 0.2) is 0 Å².